The molecule has 0 aliphatic heterocycles. The number of benzene rings is 2. The van der Waals surface area contributed by atoms with Crippen LogP contribution in [0.1, 0.15) is 23.2 Å². The molecule has 2 heterocycles. The highest BCUT2D eigenvalue weighted by atomic mass is 31.0. The molecule has 0 aliphatic carbocycles. The quantitative estimate of drug-likeness (QED) is 0.119. The van der Waals surface area contributed by atoms with Crippen molar-refractivity contribution in [2.45, 2.75) is 19.0 Å². The van der Waals surface area contributed by atoms with E-state index < -0.39 is 12.1 Å². The first-order chi connectivity index (χ1) is 17.5. The Hall–Kier alpha value is -3.98. The molecular weight excluding hydrogens is 507 g/mol. The van der Waals surface area contributed by atoms with E-state index in [1.807, 2.05) is 17.7 Å². The fourth-order valence-corrected chi connectivity index (χ4v) is 3.56. The molecule has 12 heteroatoms. The lowest BCUT2D eigenvalue weighted by Gasteiger charge is -2.11. The molecule has 1 atom stereocenters. The molecule has 1 unspecified atom stereocenters. The fourth-order valence-electron chi connectivity index (χ4n) is 3.47. The average Bonchev–Trinajstić information content (AvgIpc) is 3.14. The second-order valence-corrected chi connectivity index (χ2v) is 8.90. The largest absolute Gasteiger partial charge is 0.457 e. The number of nitrogens with one attached hydrogen (secondary N) is 1. The van der Waals surface area contributed by atoms with Crippen LogP contribution in [0.15, 0.2) is 72.0 Å². The first-order valence-electron chi connectivity index (χ1n) is 10.9. The molecule has 3 N–H and O–H groups in total. The van der Waals surface area contributed by atoms with Crippen molar-refractivity contribution >= 4 is 37.7 Å². The summed E-state index contributed by atoms with van der Waals surface area (Å²) in [6.45, 7) is 1.75. The van der Waals surface area contributed by atoms with Crippen molar-refractivity contribution in [3.8, 4) is 11.5 Å². The molecule has 0 fully saturated rings. The summed E-state index contributed by atoms with van der Waals surface area (Å²) in [4.78, 5) is 12.5. The van der Waals surface area contributed by atoms with Gasteiger partial charge in [0.05, 0.1) is 11.0 Å². The highest BCUT2D eigenvalue weighted by Crippen LogP contribution is 2.30. The van der Waals surface area contributed by atoms with Crippen LogP contribution in [-0.4, -0.2) is 26.0 Å². The summed E-state index contributed by atoms with van der Waals surface area (Å²) in [5.41, 5.74) is 5.78. The molecule has 0 amide bonds. The van der Waals surface area contributed by atoms with Gasteiger partial charge in [0.2, 0.25) is 5.95 Å². The zero-order valence-corrected chi connectivity index (χ0v) is 20.9. The van der Waals surface area contributed by atoms with Crippen molar-refractivity contribution in [1.82, 2.24) is 14.5 Å². The number of aromatic nitrogens is 3. The number of ether oxygens (including phenoxy) is 1. The number of nitrogens with zero attached hydrogens (tertiary/aromatic N) is 4. The Labute approximate surface area is 212 Å². The number of anilines is 2. The topological polar surface area (TPSA) is 90.3 Å². The maximum absolute atomic E-state index is 13.0. The van der Waals surface area contributed by atoms with Gasteiger partial charge in [-0.1, -0.05) is 15.3 Å². The van der Waals surface area contributed by atoms with E-state index in [2.05, 4.69) is 20.3 Å². The summed E-state index contributed by atoms with van der Waals surface area (Å²) in [6.07, 6.45) is 0.430. The number of imidazole rings is 1. The normalized spacial score (nSPS) is 12.6. The summed E-state index contributed by atoms with van der Waals surface area (Å²) >= 11 is 0. The number of pyridine rings is 1. The minimum Gasteiger partial charge on any atom is -0.457 e. The van der Waals surface area contributed by atoms with Crippen molar-refractivity contribution < 1.29 is 22.3 Å². The lowest BCUT2D eigenvalue weighted by Crippen LogP contribution is -2.14. The highest BCUT2D eigenvalue weighted by Gasteiger charge is 2.15. The van der Waals surface area contributed by atoms with Gasteiger partial charge in [-0.05, 0) is 42.8 Å². The number of hydrogen-bond acceptors (Lipinski definition) is 5. The van der Waals surface area contributed by atoms with E-state index in [0.717, 1.165) is 11.7 Å². The molecule has 0 saturated heterocycles. The van der Waals surface area contributed by atoms with Crippen LogP contribution in [0.2, 0.25) is 0 Å². The fraction of sp³-hybridized carbons (Fsp3) is 0.160. The summed E-state index contributed by atoms with van der Waals surface area (Å²) in [5, 5.41) is 3.19. The van der Waals surface area contributed by atoms with Crippen LogP contribution in [-0.2, 0) is 7.05 Å². The Balaban J connectivity index is 1.54. The van der Waals surface area contributed by atoms with Gasteiger partial charge in [0.1, 0.15) is 23.0 Å². The number of alkyl halides is 4. The van der Waals surface area contributed by atoms with E-state index in [9.17, 15) is 17.6 Å². The van der Waals surface area contributed by atoms with Crippen LogP contribution >= 0.6 is 9.24 Å². The van der Waals surface area contributed by atoms with Crippen LogP contribution in [0.4, 0.5) is 29.2 Å². The number of rotatable bonds is 8. The number of allylic oxidation sites excluding steroid dienone is 1. The lowest BCUT2D eigenvalue weighted by atomic mass is 10.1. The van der Waals surface area contributed by atoms with E-state index in [-0.39, 0.29) is 17.1 Å². The second-order valence-electron chi connectivity index (χ2n) is 8.13. The van der Waals surface area contributed by atoms with Crippen molar-refractivity contribution in [1.29, 1.82) is 0 Å². The van der Waals surface area contributed by atoms with Crippen LogP contribution in [0.3, 0.4) is 0 Å². The molecule has 7 nitrogen and oxygen atoms in total. The molecule has 37 heavy (non-hydrogen) atoms. The number of halogens is 4. The zero-order chi connectivity index (χ0) is 26.7. The maximum Gasteiger partial charge on any atom is 0.278 e. The van der Waals surface area contributed by atoms with E-state index in [1.54, 1.807) is 31.2 Å². The molecule has 2 aromatic heterocycles. The van der Waals surface area contributed by atoms with Crippen molar-refractivity contribution in [3.05, 3.63) is 83.8 Å². The van der Waals surface area contributed by atoms with Gasteiger partial charge < -0.3 is 20.4 Å². The van der Waals surface area contributed by atoms with E-state index in [4.69, 9.17) is 10.5 Å². The minimum atomic E-state index is -3.08. The molecule has 0 aliphatic rings. The average molecular weight is 530 g/mol. The monoisotopic (exact) mass is 530 g/mol. The summed E-state index contributed by atoms with van der Waals surface area (Å²) < 4.78 is 59.5. The van der Waals surface area contributed by atoms with Crippen molar-refractivity contribution in [3.63, 3.8) is 0 Å². The maximum atomic E-state index is 13.0. The molecule has 4 rings (SSSR count). The number of aryl methyl sites for hydroxylation is 2. The van der Waals surface area contributed by atoms with Crippen molar-refractivity contribution in [2.75, 3.05) is 5.32 Å². The lowest BCUT2D eigenvalue weighted by molar-refractivity contribution is 0.151. The third kappa shape index (κ3) is 6.42. The molecule has 0 spiro atoms. The second kappa shape index (κ2) is 10.6. The summed E-state index contributed by atoms with van der Waals surface area (Å²) in [7, 11) is 3.22. The standard InChI is InChI=1S/C25H23F4N6OP/c1-14-11-15(22(26)27)3-5-18(14)33-24-34-19-12-16(4-6-21(19)35(24)2)36-17-7-9-31-20(13-17)23(30)32-10-8-25(28,29)37/h3-13,22H,37H2,1-2H3,(H2,30,32)(H,33,34)/b10-8+. The molecule has 2 aromatic carbocycles. The number of hydrogen-bond donors (Lipinski definition) is 2. The summed E-state index contributed by atoms with van der Waals surface area (Å²) in [6, 6.07) is 12.9. The van der Waals surface area contributed by atoms with Gasteiger partial charge in [0, 0.05) is 48.9 Å². The predicted molar refractivity (Wildman–Crippen MR) is 139 cm³/mol. The molecule has 0 saturated carbocycles. The zero-order valence-electron chi connectivity index (χ0n) is 19.8. The van der Waals surface area contributed by atoms with Gasteiger partial charge in [0.15, 0.2) is 0 Å². The summed E-state index contributed by atoms with van der Waals surface area (Å²) in [5.74, 6) is 1.37. The van der Waals surface area contributed by atoms with Gasteiger partial charge in [-0.3, -0.25) is 4.98 Å². The van der Waals surface area contributed by atoms with Gasteiger partial charge in [-0.2, -0.15) is 8.78 Å². The van der Waals surface area contributed by atoms with Gasteiger partial charge in [-0.15, -0.1) is 0 Å². The number of amidine groups is 1. The Morgan fingerprint density at radius 2 is 1.92 bits per heavy atom. The first-order valence-corrected chi connectivity index (χ1v) is 11.5. The molecule has 192 valence electrons. The number of fused-ring (bicyclic) bond motifs is 1. The van der Waals surface area contributed by atoms with Gasteiger partial charge in [-0.25, -0.2) is 18.8 Å². The number of aliphatic imine (C=N–C) groups is 1. The Morgan fingerprint density at radius 3 is 2.62 bits per heavy atom. The molecule has 4 aromatic rings. The predicted octanol–water partition coefficient (Wildman–Crippen LogP) is 6.44. The highest BCUT2D eigenvalue weighted by molar-refractivity contribution is 7.18. The Bertz CT molecular complexity index is 1500. The molecule has 0 bridgehead atoms. The molecule has 0 radical (unpaired) electrons. The Kier molecular flexibility index (Phi) is 7.45. The third-order valence-electron chi connectivity index (χ3n) is 5.34. The minimum absolute atomic E-state index is 0.0415. The number of nitrogens with two attached hydrogens (primary N) is 1. The van der Waals surface area contributed by atoms with E-state index in [1.165, 1.54) is 33.6 Å². The Morgan fingerprint density at radius 1 is 1.16 bits per heavy atom. The van der Waals surface area contributed by atoms with Gasteiger partial charge >= 0.3 is 0 Å². The third-order valence-corrected chi connectivity index (χ3v) is 5.53. The van der Waals surface area contributed by atoms with Crippen LogP contribution in [0, 0.1) is 6.92 Å². The first kappa shape index (κ1) is 26.1. The SMILES string of the molecule is Cc1cc(C(F)F)ccc1Nc1nc2cc(Oc3ccnc(C(N)=N/C=C/C(F)(F)P)c3)ccc2n1C. The van der Waals surface area contributed by atoms with Gasteiger partial charge in [0.25, 0.3) is 12.1 Å². The van der Waals surface area contributed by atoms with Crippen LogP contribution in [0.25, 0.3) is 11.0 Å². The van der Waals surface area contributed by atoms with Crippen LogP contribution < -0.4 is 15.8 Å². The van der Waals surface area contributed by atoms with E-state index >= 15 is 0 Å². The van der Waals surface area contributed by atoms with E-state index in [0.29, 0.717) is 40.3 Å². The smallest absolute Gasteiger partial charge is 0.278 e. The molecular formula is C25H23F4N6OP. The van der Waals surface area contributed by atoms with Crippen molar-refractivity contribution in [2.24, 2.45) is 17.8 Å². The van der Waals surface area contributed by atoms with Crippen LogP contribution in [0.5, 0.6) is 11.5 Å².